The van der Waals surface area contributed by atoms with Crippen molar-refractivity contribution in [3.63, 3.8) is 0 Å². The first-order chi connectivity index (χ1) is 9.50. The van der Waals surface area contributed by atoms with E-state index >= 15 is 0 Å². The molecule has 0 saturated heterocycles. The molecule has 2 nitrogen and oxygen atoms in total. The van der Waals surface area contributed by atoms with E-state index in [1.807, 2.05) is 0 Å². The van der Waals surface area contributed by atoms with Crippen LogP contribution < -0.4 is 0 Å². The Morgan fingerprint density at radius 3 is 1.04 bits per heavy atom. The third-order valence-corrected chi connectivity index (χ3v) is 4.92. The summed E-state index contributed by atoms with van der Waals surface area (Å²) < 4.78 is 163. The SMILES string of the molecule is CP(C)(=O)C(O)(C(F)(F)F)C(F)(F)C(F)(C(F)(F)F)C(F)(F)F. The zero-order valence-electron chi connectivity index (χ0n) is 10.8. The highest BCUT2D eigenvalue weighted by atomic mass is 31.2. The standard InChI is InChI=1S/C8H7F12O2P/c1-23(2,22)5(21,8(18,19)20)4(10,11)3(9,6(12,13)14)7(15,16)17/h21H,1-2H3. The Kier molecular flexibility index (Phi) is 5.02. The van der Waals surface area contributed by atoms with Crippen LogP contribution in [0.15, 0.2) is 0 Å². The Bertz CT molecular complexity index is 483. The number of halogens is 12. The molecule has 15 heteroatoms. The molecule has 1 N–H and O–H groups in total. The predicted molar refractivity (Wildman–Crippen MR) is 51.4 cm³/mol. The Morgan fingerprint density at radius 1 is 0.652 bits per heavy atom. The zero-order valence-corrected chi connectivity index (χ0v) is 11.7. The van der Waals surface area contributed by atoms with Gasteiger partial charge in [0.05, 0.1) is 0 Å². The summed E-state index contributed by atoms with van der Waals surface area (Å²) in [5, 5.41) is 2.47. The molecule has 0 saturated carbocycles. The fourth-order valence-corrected chi connectivity index (χ4v) is 3.02. The number of aliphatic hydroxyl groups is 1. The Hall–Kier alpha value is -0.650. The van der Waals surface area contributed by atoms with Crippen molar-refractivity contribution >= 4 is 7.14 Å². The van der Waals surface area contributed by atoms with Crippen molar-refractivity contribution in [3.8, 4) is 0 Å². The molecule has 140 valence electrons. The smallest absolute Gasteiger partial charge is 0.369 e. The van der Waals surface area contributed by atoms with Gasteiger partial charge in [0, 0.05) is 0 Å². The van der Waals surface area contributed by atoms with Gasteiger partial charge in [-0.15, -0.1) is 0 Å². The molecule has 0 aliphatic heterocycles. The largest absolute Gasteiger partial charge is 0.437 e. The summed E-state index contributed by atoms with van der Waals surface area (Å²) in [4.78, 5) is 0. The van der Waals surface area contributed by atoms with E-state index in [1.165, 1.54) is 0 Å². The Balaban J connectivity index is 7.01. The third kappa shape index (κ3) is 2.81. The molecule has 0 aromatic heterocycles. The van der Waals surface area contributed by atoms with Crippen LogP contribution in [0.25, 0.3) is 0 Å². The van der Waals surface area contributed by atoms with Gasteiger partial charge in [-0.3, -0.25) is 0 Å². The van der Waals surface area contributed by atoms with Gasteiger partial charge in [-0.1, -0.05) is 0 Å². The van der Waals surface area contributed by atoms with E-state index in [2.05, 4.69) is 0 Å². The molecule has 0 aliphatic carbocycles. The molecule has 0 radical (unpaired) electrons. The van der Waals surface area contributed by atoms with Crippen molar-refractivity contribution in [2.45, 2.75) is 35.5 Å². The quantitative estimate of drug-likeness (QED) is 0.572. The molecule has 0 spiro atoms. The van der Waals surface area contributed by atoms with Gasteiger partial charge in [-0.2, -0.15) is 48.3 Å². The van der Waals surface area contributed by atoms with Gasteiger partial charge >= 0.3 is 30.1 Å². The highest BCUT2D eigenvalue weighted by molar-refractivity contribution is 7.64. The minimum Gasteiger partial charge on any atom is -0.369 e. The van der Waals surface area contributed by atoms with Crippen LogP contribution in [0.2, 0.25) is 0 Å². The molecular weight excluding hydrogens is 387 g/mol. The lowest BCUT2D eigenvalue weighted by molar-refractivity contribution is -0.431. The van der Waals surface area contributed by atoms with E-state index in [9.17, 15) is 57.3 Å². The first-order valence-corrected chi connectivity index (χ1v) is 7.64. The van der Waals surface area contributed by atoms with Crippen molar-refractivity contribution in [3.05, 3.63) is 0 Å². The zero-order chi connectivity index (χ0) is 19.5. The normalized spacial score (nSPS) is 18.7. The topological polar surface area (TPSA) is 37.3 Å². The van der Waals surface area contributed by atoms with Crippen molar-refractivity contribution in [1.82, 2.24) is 0 Å². The minimum atomic E-state index is -7.81. The molecule has 0 rings (SSSR count). The molecule has 0 aromatic rings. The molecule has 1 atom stereocenters. The van der Waals surface area contributed by atoms with Crippen molar-refractivity contribution in [1.29, 1.82) is 0 Å². The second-order valence-electron chi connectivity index (χ2n) is 4.75. The van der Waals surface area contributed by atoms with Crippen LogP contribution in [-0.4, -0.2) is 53.9 Å². The van der Waals surface area contributed by atoms with Crippen molar-refractivity contribution in [2.24, 2.45) is 0 Å². The molecular formula is C8H7F12O2P. The highest BCUT2D eigenvalue weighted by Gasteiger charge is 2.93. The molecule has 0 bridgehead atoms. The van der Waals surface area contributed by atoms with Crippen LogP contribution in [0, 0.1) is 0 Å². The van der Waals surface area contributed by atoms with Gasteiger partial charge in [0.15, 0.2) is 0 Å². The van der Waals surface area contributed by atoms with Crippen molar-refractivity contribution in [2.75, 3.05) is 13.3 Å². The molecule has 0 aliphatic rings. The van der Waals surface area contributed by atoms with Crippen molar-refractivity contribution < 1.29 is 62.4 Å². The Morgan fingerprint density at radius 2 is 0.913 bits per heavy atom. The van der Waals surface area contributed by atoms with Gasteiger partial charge in [0.2, 0.25) is 0 Å². The van der Waals surface area contributed by atoms with E-state index in [4.69, 9.17) is 5.11 Å². The average Bonchev–Trinajstić information content (AvgIpc) is 2.19. The number of rotatable bonds is 3. The fourth-order valence-electron chi connectivity index (χ4n) is 1.58. The molecule has 0 fully saturated rings. The van der Waals surface area contributed by atoms with Gasteiger partial charge in [0.1, 0.15) is 7.14 Å². The van der Waals surface area contributed by atoms with Crippen LogP contribution in [0.4, 0.5) is 52.7 Å². The first-order valence-electron chi connectivity index (χ1n) is 5.04. The fraction of sp³-hybridized carbons (Fsp3) is 1.00. The minimum absolute atomic E-state index is 0.360. The van der Waals surface area contributed by atoms with E-state index in [1.54, 1.807) is 0 Å². The molecule has 0 aromatic carbocycles. The Labute approximate surface area is 119 Å². The van der Waals surface area contributed by atoms with Crippen LogP contribution in [0.5, 0.6) is 0 Å². The summed E-state index contributed by atoms with van der Waals surface area (Å²) in [5.74, 6) is -7.60. The molecule has 1 unspecified atom stereocenters. The molecule has 23 heavy (non-hydrogen) atoms. The van der Waals surface area contributed by atoms with Crippen LogP contribution in [0.1, 0.15) is 0 Å². The molecule has 0 heterocycles. The maximum Gasteiger partial charge on any atom is 0.437 e. The maximum absolute atomic E-state index is 13.5. The van der Waals surface area contributed by atoms with Gasteiger partial charge in [-0.25, -0.2) is 4.39 Å². The predicted octanol–water partition coefficient (Wildman–Crippen LogP) is 4.33. The van der Waals surface area contributed by atoms with E-state index in [0.29, 0.717) is 0 Å². The second kappa shape index (κ2) is 5.17. The number of hydrogen-bond acceptors (Lipinski definition) is 2. The van der Waals surface area contributed by atoms with Crippen LogP contribution in [-0.2, 0) is 4.57 Å². The van der Waals surface area contributed by atoms with Gasteiger partial charge in [0.25, 0.3) is 5.34 Å². The van der Waals surface area contributed by atoms with Crippen LogP contribution in [0.3, 0.4) is 0 Å². The lowest BCUT2D eigenvalue weighted by atomic mass is 9.90. The summed E-state index contributed by atoms with van der Waals surface area (Å²) in [6, 6.07) is 0. The van der Waals surface area contributed by atoms with E-state index < -0.39 is 42.6 Å². The van der Waals surface area contributed by atoms with Crippen LogP contribution >= 0.6 is 7.14 Å². The lowest BCUT2D eigenvalue weighted by Crippen LogP contribution is -2.75. The van der Waals surface area contributed by atoms with Gasteiger partial charge in [-0.05, 0) is 13.3 Å². The summed E-state index contributed by atoms with van der Waals surface area (Å²) in [6.07, 6.45) is -22.2. The second-order valence-corrected chi connectivity index (χ2v) is 8.10. The van der Waals surface area contributed by atoms with E-state index in [0.717, 1.165) is 0 Å². The summed E-state index contributed by atoms with van der Waals surface area (Å²) in [5.41, 5.74) is -7.81. The molecule has 0 amide bonds. The van der Waals surface area contributed by atoms with E-state index in [-0.39, 0.29) is 13.3 Å². The summed E-state index contributed by atoms with van der Waals surface area (Å²) >= 11 is 0. The first kappa shape index (κ1) is 22.4. The average molecular weight is 394 g/mol. The lowest BCUT2D eigenvalue weighted by Gasteiger charge is -2.46. The summed E-state index contributed by atoms with van der Waals surface area (Å²) in [6.45, 7) is -0.719. The highest BCUT2D eigenvalue weighted by Crippen LogP contribution is 2.70. The third-order valence-electron chi connectivity index (χ3n) is 2.83. The number of hydrogen-bond donors (Lipinski definition) is 1. The monoisotopic (exact) mass is 394 g/mol. The number of alkyl halides is 12. The maximum atomic E-state index is 13.5. The van der Waals surface area contributed by atoms with Gasteiger partial charge < -0.3 is 9.67 Å². The summed E-state index contributed by atoms with van der Waals surface area (Å²) in [7, 11) is -5.93.